The Kier molecular flexibility index (Phi) is 2.23. The van der Waals surface area contributed by atoms with E-state index in [2.05, 4.69) is 10.1 Å². The summed E-state index contributed by atoms with van der Waals surface area (Å²) in [4.78, 5) is 6.23. The second-order valence-corrected chi connectivity index (χ2v) is 4.09. The highest BCUT2D eigenvalue weighted by molar-refractivity contribution is 5.49. The van der Waals surface area contributed by atoms with Crippen LogP contribution in [0.2, 0.25) is 0 Å². The lowest BCUT2D eigenvalue weighted by Crippen LogP contribution is -2.37. The second kappa shape index (κ2) is 3.73. The number of nitrogens with zero attached hydrogens (tertiary/aromatic N) is 4. The van der Waals surface area contributed by atoms with Gasteiger partial charge in [0.05, 0.1) is 12.7 Å². The predicted molar refractivity (Wildman–Crippen MR) is 59.3 cm³/mol. The highest BCUT2D eigenvalue weighted by Crippen LogP contribution is 2.21. The van der Waals surface area contributed by atoms with Crippen LogP contribution in [0.15, 0.2) is 24.5 Å². The van der Waals surface area contributed by atoms with Gasteiger partial charge in [-0.2, -0.15) is 9.61 Å². The lowest BCUT2D eigenvalue weighted by molar-refractivity contribution is 0.285. The maximum absolute atomic E-state index is 13.4. The topological polar surface area (TPSA) is 33.4 Å². The van der Waals surface area contributed by atoms with Gasteiger partial charge in [-0.25, -0.2) is 9.37 Å². The summed E-state index contributed by atoms with van der Waals surface area (Å²) in [5.74, 6) is 0.928. The summed E-state index contributed by atoms with van der Waals surface area (Å²) >= 11 is 0. The van der Waals surface area contributed by atoms with Crippen LogP contribution in [-0.2, 0) is 0 Å². The van der Waals surface area contributed by atoms with Crippen molar-refractivity contribution in [1.29, 1.82) is 0 Å². The molecule has 0 bridgehead atoms. The molecule has 0 amide bonds. The number of halogens is 1. The molecule has 0 radical (unpaired) electrons. The van der Waals surface area contributed by atoms with Crippen molar-refractivity contribution in [2.75, 3.05) is 18.0 Å². The molecular weight excluding hydrogens is 207 g/mol. The summed E-state index contributed by atoms with van der Waals surface area (Å²) in [6, 6.07) is 3.73. The fourth-order valence-corrected chi connectivity index (χ4v) is 2.19. The number of fused-ring (bicyclic) bond motifs is 1. The third-order valence-corrected chi connectivity index (χ3v) is 2.96. The Morgan fingerprint density at radius 2 is 2.25 bits per heavy atom. The van der Waals surface area contributed by atoms with E-state index in [0.29, 0.717) is 13.0 Å². The maximum atomic E-state index is 13.4. The zero-order valence-electron chi connectivity index (χ0n) is 8.88. The molecule has 0 aliphatic carbocycles. The van der Waals surface area contributed by atoms with Crippen LogP contribution in [0.1, 0.15) is 12.8 Å². The minimum absolute atomic E-state index is 0.457. The van der Waals surface area contributed by atoms with E-state index < -0.39 is 6.17 Å². The first-order chi connectivity index (χ1) is 7.84. The summed E-state index contributed by atoms with van der Waals surface area (Å²) in [5.41, 5.74) is 0.804. The summed E-state index contributed by atoms with van der Waals surface area (Å²) in [7, 11) is 0. The Balaban J connectivity index is 2.01. The number of hydrogen-bond acceptors (Lipinski definition) is 3. The molecule has 2 aromatic heterocycles. The van der Waals surface area contributed by atoms with Crippen LogP contribution in [0.5, 0.6) is 0 Å². The van der Waals surface area contributed by atoms with Crippen molar-refractivity contribution in [2.45, 2.75) is 19.0 Å². The third-order valence-electron chi connectivity index (χ3n) is 2.96. The maximum Gasteiger partial charge on any atom is 0.157 e. The van der Waals surface area contributed by atoms with Gasteiger partial charge in [-0.15, -0.1) is 0 Å². The number of aromatic nitrogens is 3. The molecule has 1 saturated heterocycles. The van der Waals surface area contributed by atoms with Gasteiger partial charge in [-0.1, -0.05) is 0 Å². The average Bonchev–Trinajstić information content (AvgIpc) is 2.76. The molecule has 1 fully saturated rings. The van der Waals surface area contributed by atoms with E-state index in [0.717, 1.165) is 24.4 Å². The highest BCUT2D eigenvalue weighted by Gasteiger charge is 2.21. The van der Waals surface area contributed by atoms with Crippen molar-refractivity contribution in [1.82, 2.24) is 14.6 Å². The van der Waals surface area contributed by atoms with Crippen molar-refractivity contribution in [3.05, 3.63) is 24.5 Å². The van der Waals surface area contributed by atoms with Crippen LogP contribution in [0, 0.1) is 0 Å². The molecule has 1 aliphatic rings. The standard InChI is InChI=1S/C11H13FN4/c12-9-2-1-7-15(8-9)11-4-5-13-10-3-6-14-16(10)11/h3-6,9H,1-2,7-8H2. The molecular formula is C11H13FN4. The molecule has 2 aromatic rings. The molecule has 3 rings (SSSR count). The van der Waals surface area contributed by atoms with Crippen LogP contribution < -0.4 is 4.90 Å². The van der Waals surface area contributed by atoms with Crippen LogP contribution in [0.3, 0.4) is 0 Å². The molecule has 3 heterocycles. The largest absolute Gasteiger partial charge is 0.354 e. The van der Waals surface area contributed by atoms with Gasteiger partial charge in [0.25, 0.3) is 0 Å². The van der Waals surface area contributed by atoms with E-state index in [9.17, 15) is 4.39 Å². The van der Waals surface area contributed by atoms with E-state index >= 15 is 0 Å². The van der Waals surface area contributed by atoms with Gasteiger partial charge in [-0.05, 0) is 18.9 Å². The number of anilines is 1. The molecule has 0 aromatic carbocycles. The molecule has 16 heavy (non-hydrogen) atoms. The zero-order valence-corrected chi connectivity index (χ0v) is 8.88. The molecule has 84 valence electrons. The highest BCUT2D eigenvalue weighted by atomic mass is 19.1. The van der Waals surface area contributed by atoms with E-state index in [1.54, 1.807) is 16.9 Å². The smallest absolute Gasteiger partial charge is 0.157 e. The summed E-state index contributed by atoms with van der Waals surface area (Å²) in [5, 5.41) is 4.21. The Morgan fingerprint density at radius 3 is 3.12 bits per heavy atom. The van der Waals surface area contributed by atoms with Crippen LogP contribution >= 0.6 is 0 Å². The minimum Gasteiger partial charge on any atom is -0.354 e. The molecule has 4 nitrogen and oxygen atoms in total. The molecule has 1 aliphatic heterocycles. The number of piperidine rings is 1. The Hall–Kier alpha value is -1.65. The predicted octanol–water partition coefficient (Wildman–Crippen LogP) is 1.67. The Morgan fingerprint density at radius 1 is 1.31 bits per heavy atom. The fourth-order valence-electron chi connectivity index (χ4n) is 2.19. The molecule has 5 heteroatoms. The monoisotopic (exact) mass is 220 g/mol. The van der Waals surface area contributed by atoms with E-state index in [1.165, 1.54) is 0 Å². The average molecular weight is 220 g/mol. The minimum atomic E-state index is -0.729. The van der Waals surface area contributed by atoms with Crippen LogP contribution in [0.25, 0.3) is 5.65 Å². The summed E-state index contributed by atoms with van der Waals surface area (Å²) < 4.78 is 15.1. The molecule has 0 saturated carbocycles. The van der Waals surface area contributed by atoms with Crippen molar-refractivity contribution in [3.63, 3.8) is 0 Å². The normalized spacial score (nSPS) is 21.6. The van der Waals surface area contributed by atoms with Gasteiger partial charge in [-0.3, -0.25) is 0 Å². The number of alkyl halides is 1. The lowest BCUT2D eigenvalue weighted by atomic mass is 10.1. The lowest BCUT2D eigenvalue weighted by Gasteiger charge is -2.30. The van der Waals surface area contributed by atoms with Crippen molar-refractivity contribution >= 4 is 11.5 Å². The third kappa shape index (κ3) is 1.52. The molecule has 1 unspecified atom stereocenters. The van der Waals surface area contributed by atoms with Crippen molar-refractivity contribution < 1.29 is 4.39 Å². The van der Waals surface area contributed by atoms with Gasteiger partial charge in [0.1, 0.15) is 12.0 Å². The van der Waals surface area contributed by atoms with Gasteiger partial charge in [0.15, 0.2) is 5.65 Å². The van der Waals surface area contributed by atoms with Crippen molar-refractivity contribution in [3.8, 4) is 0 Å². The first kappa shape index (κ1) is 9.57. The molecule has 0 N–H and O–H groups in total. The number of hydrogen-bond donors (Lipinski definition) is 0. The molecule has 1 atom stereocenters. The van der Waals surface area contributed by atoms with Crippen LogP contribution in [-0.4, -0.2) is 33.9 Å². The Labute approximate surface area is 92.7 Å². The van der Waals surface area contributed by atoms with Gasteiger partial charge in [0, 0.05) is 18.8 Å². The van der Waals surface area contributed by atoms with Crippen LogP contribution in [0.4, 0.5) is 10.2 Å². The van der Waals surface area contributed by atoms with Gasteiger partial charge in [0.2, 0.25) is 0 Å². The summed E-state index contributed by atoms with van der Waals surface area (Å²) in [6.45, 7) is 1.35. The first-order valence-electron chi connectivity index (χ1n) is 5.52. The SMILES string of the molecule is FC1CCCN(c2ccnc3ccnn23)C1. The van der Waals surface area contributed by atoms with E-state index in [4.69, 9.17) is 0 Å². The van der Waals surface area contributed by atoms with Gasteiger partial charge < -0.3 is 4.90 Å². The van der Waals surface area contributed by atoms with E-state index in [-0.39, 0.29) is 0 Å². The van der Waals surface area contributed by atoms with Gasteiger partial charge >= 0.3 is 0 Å². The zero-order chi connectivity index (χ0) is 11.0. The fraction of sp³-hybridized carbons (Fsp3) is 0.455. The Bertz CT molecular complexity index is 495. The second-order valence-electron chi connectivity index (χ2n) is 4.09. The quantitative estimate of drug-likeness (QED) is 0.733. The summed E-state index contributed by atoms with van der Waals surface area (Å²) in [6.07, 6.45) is 4.29. The molecule has 0 spiro atoms. The number of rotatable bonds is 1. The first-order valence-corrected chi connectivity index (χ1v) is 5.52. The van der Waals surface area contributed by atoms with E-state index in [1.807, 2.05) is 17.0 Å². The van der Waals surface area contributed by atoms with Crippen molar-refractivity contribution in [2.24, 2.45) is 0 Å².